The van der Waals surface area contributed by atoms with E-state index in [1.54, 1.807) is 7.11 Å². The minimum absolute atomic E-state index is 0.556. The average molecular weight is 409 g/mol. The van der Waals surface area contributed by atoms with Crippen molar-refractivity contribution in [2.75, 3.05) is 33.3 Å². The third-order valence-corrected chi connectivity index (χ3v) is 6.59. The van der Waals surface area contributed by atoms with Crippen molar-refractivity contribution in [1.82, 2.24) is 9.80 Å². The number of nitrogens with zero attached hydrogens (tertiary/aromatic N) is 2. The van der Waals surface area contributed by atoms with Gasteiger partial charge < -0.3 is 14.4 Å². The molecule has 0 amide bonds. The van der Waals surface area contributed by atoms with Crippen molar-refractivity contribution in [2.45, 2.75) is 57.7 Å². The van der Waals surface area contributed by atoms with Crippen LogP contribution in [0.25, 0.3) is 0 Å². The first kappa shape index (κ1) is 21.2. The zero-order valence-corrected chi connectivity index (χ0v) is 18.4. The van der Waals surface area contributed by atoms with Crippen LogP contribution in [0.5, 0.6) is 11.5 Å². The van der Waals surface area contributed by atoms with Gasteiger partial charge in [0.1, 0.15) is 6.61 Å². The van der Waals surface area contributed by atoms with Crippen molar-refractivity contribution in [1.29, 1.82) is 0 Å². The first-order valence-electron chi connectivity index (χ1n) is 11.6. The highest BCUT2D eigenvalue weighted by Crippen LogP contribution is 2.30. The quantitative estimate of drug-likeness (QED) is 0.635. The van der Waals surface area contributed by atoms with Gasteiger partial charge in [-0.25, -0.2) is 0 Å². The molecule has 2 aliphatic heterocycles. The van der Waals surface area contributed by atoms with Gasteiger partial charge in [0, 0.05) is 12.6 Å². The molecule has 0 atom stereocenters. The van der Waals surface area contributed by atoms with Crippen LogP contribution in [0.2, 0.25) is 0 Å². The molecule has 2 aliphatic rings. The summed E-state index contributed by atoms with van der Waals surface area (Å²) in [6.45, 7) is 6.55. The summed E-state index contributed by atoms with van der Waals surface area (Å²) in [6, 6.07) is 17.4. The Kier molecular flexibility index (Phi) is 7.65. The lowest BCUT2D eigenvalue weighted by atomic mass is 10.0. The van der Waals surface area contributed by atoms with E-state index in [4.69, 9.17) is 9.47 Å². The zero-order chi connectivity index (χ0) is 20.6. The lowest BCUT2D eigenvalue weighted by Gasteiger charge is -2.38. The summed E-state index contributed by atoms with van der Waals surface area (Å²) in [4.78, 5) is 5.36. The Hall–Kier alpha value is -2.04. The van der Waals surface area contributed by atoms with Gasteiger partial charge in [-0.2, -0.15) is 0 Å². The minimum atomic E-state index is 0.556. The second-order valence-electron chi connectivity index (χ2n) is 8.72. The molecule has 0 aromatic heterocycles. The van der Waals surface area contributed by atoms with Crippen LogP contribution in [0.1, 0.15) is 49.7 Å². The van der Waals surface area contributed by atoms with Crippen LogP contribution in [-0.2, 0) is 13.2 Å². The normalized spacial score (nSPS) is 19.4. The molecule has 2 aromatic rings. The lowest BCUT2D eigenvalue weighted by Crippen LogP contribution is -2.45. The Bertz CT molecular complexity index is 764. The van der Waals surface area contributed by atoms with Gasteiger partial charge in [-0.05, 0) is 75.1 Å². The van der Waals surface area contributed by atoms with Crippen molar-refractivity contribution in [3.05, 3.63) is 59.7 Å². The van der Waals surface area contributed by atoms with Crippen LogP contribution in [0.4, 0.5) is 0 Å². The molecular weight excluding hydrogens is 372 g/mol. The van der Waals surface area contributed by atoms with Crippen molar-refractivity contribution >= 4 is 0 Å². The van der Waals surface area contributed by atoms with Crippen LogP contribution in [0.15, 0.2) is 48.5 Å². The molecule has 0 spiro atoms. The number of piperidine rings is 1. The largest absolute Gasteiger partial charge is 0.493 e. The second kappa shape index (κ2) is 10.8. The van der Waals surface area contributed by atoms with Gasteiger partial charge in [-0.15, -0.1) is 0 Å². The molecule has 162 valence electrons. The monoisotopic (exact) mass is 408 g/mol. The number of benzene rings is 2. The van der Waals surface area contributed by atoms with Crippen LogP contribution >= 0.6 is 0 Å². The molecular formula is C26H36N2O2. The number of hydrogen-bond acceptors (Lipinski definition) is 4. The maximum Gasteiger partial charge on any atom is 0.161 e. The van der Waals surface area contributed by atoms with Gasteiger partial charge in [0.15, 0.2) is 11.5 Å². The third kappa shape index (κ3) is 5.77. The van der Waals surface area contributed by atoms with E-state index in [1.165, 1.54) is 70.3 Å². The SMILES string of the molecule is COc1cc(CN2CCC(N3CCCCCC3)CC2)ccc1OCc1ccccc1. The highest BCUT2D eigenvalue weighted by Gasteiger charge is 2.25. The van der Waals surface area contributed by atoms with Crippen molar-refractivity contribution < 1.29 is 9.47 Å². The topological polar surface area (TPSA) is 24.9 Å². The molecule has 0 radical (unpaired) electrons. The van der Waals surface area contributed by atoms with Gasteiger partial charge in [0.05, 0.1) is 7.11 Å². The maximum atomic E-state index is 6.01. The highest BCUT2D eigenvalue weighted by atomic mass is 16.5. The smallest absolute Gasteiger partial charge is 0.161 e. The Balaban J connectivity index is 1.29. The number of likely N-dealkylation sites (tertiary alicyclic amines) is 2. The highest BCUT2D eigenvalue weighted by molar-refractivity contribution is 5.43. The van der Waals surface area contributed by atoms with Crippen LogP contribution in [-0.4, -0.2) is 49.1 Å². The van der Waals surface area contributed by atoms with Crippen molar-refractivity contribution in [3.63, 3.8) is 0 Å². The van der Waals surface area contributed by atoms with Crippen LogP contribution in [0.3, 0.4) is 0 Å². The molecule has 4 nitrogen and oxygen atoms in total. The molecule has 4 heteroatoms. The average Bonchev–Trinajstić information content (AvgIpc) is 3.09. The Labute approximate surface area is 181 Å². The predicted molar refractivity (Wildman–Crippen MR) is 122 cm³/mol. The number of methoxy groups -OCH3 is 1. The number of rotatable bonds is 7. The molecule has 4 rings (SSSR count). The summed E-state index contributed by atoms with van der Waals surface area (Å²) in [5.74, 6) is 1.63. The van der Waals surface area contributed by atoms with Gasteiger partial charge in [0.2, 0.25) is 0 Å². The first-order valence-corrected chi connectivity index (χ1v) is 11.6. The van der Waals surface area contributed by atoms with E-state index in [0.717, 1.165) is 29.6 Å². The fraction of sp³-hybridized carbons (Fsp3) is 0.538. The van der Waals surface area contributed by atoms with E-state index in [-0.39, 0.29) is 0 Å². The van der Waals surface area contributed by atoms with E-state index in [2.05, 4.69) is 40.1 Å². The fourth-order valence-corrected chi connectivity index (χ4v) is 4.83. The van der Waals surface area contributed by atoms with E-state index >= 15 is 0 Å². The van der Waals surface area contributed by atoms with E-state index in [9.17, 15) is 0 Å². The molecule has 0 bridgehead atoms. The number of hydrogen-bond donors (Lipinski definition) is 0. The standard InChI is InChI=1S/C26H36N2O2/c1-29-26-19-23(11-12-25(26)30-21-22-9-5-4-6-10-22)20-27-17-13-24(14-18-27)28-15-7-2-3-8-16-28/h4-6,9-12,19,24H,2-3,7-8,13-18,20-21H2,1H3. The molecule has 0 unspecified atom stereocenters. The molecule has 2 fully saturated rings. The minimum Gasteiger partial charge on any atom is -0.493 e. The van der Waals surface area contributed by atoms with E-state index in [1.807, 2.05) is 18.2 Å². The van der Waals surface area contributed by atoms with Gasteiger partial charge in [-0.3, -0.25) is 4.90 Å². The fourth-order valence-electron chi connectivity index (χ4n) is 4.83. The summed E-state index contributed by atoms with van der Waals surface area (Å²) in [7, 11) is 1.72. The van der Waals surface area contributed by atoms with Gasteiger partial charge >= 0.3 is 0 Å². The maximum absolute atomic E-state index is 6.01. The van der Waals surface area contributed by atoms with Gasteiger partial charge in [-0.1, -0.05) is 49.2 Å². The molecule has 2 aromatic carbocycles. The zero-order valence-electron chi connectivity index (χ0n) is 18.4. The Morgan fingerprint density at radius 1 is 0.800 bits per heavy atom. The van der Waals surface area contributed by atoms with E-state index < -0.39 is 0 Å². The van der Waals surface area contributed by atoms with Crippen LogP contribution in [0, 0.1) is 0 Å². The van der Waals surface area contributed by atoms with Crippen LogP contribution < -0.4 is 9.47 Å². The molecule has 0 saturated carbocycles. The van der Waals surface area contributed by atoms with Crippen molar-refractivity contribution in [2.24, 2.45) is 0 Å². The molecule has 30 heavy (non-hydrogen) atoms. The third-order valence-electron chi connectivity index (χ3n) is 6.59. The second-order valence-corrected chi connectivity index (χ2v) is 8.72. The summed E-state index contributed by atoms with van der Waals surface area (Å²) in [5, 5.41) is 0. The molecule has 0 N–H and O–H groups in total. The summed E-state index contributed by atoms with van der Waals surface area (Å²) in [6.07, 6.45) is 8.21. The first-order chi connectivity index (χ1) is 14.8. The summed E-state index contributed by atoms with van der Waals surface area (Å²) >= 11 is 0. The van der Waals surface area contributed by atoms with E-state index in [0.29, 0.717) is 6.61 Å². The van der Waals surface area contributed by atoms with Gasteiger partial charge in [0.25, 0.3) is 0 Å². The lowest BCUT2D eigenvalue weighted by molar-refractivity contribution is 0.107. The predicted octanol–water partition coefficient (Wildman–Crippen LogP) is 5.11. The summed E-state index contributed by atoms with van der Waals surface area (Å²) in [5.41, 5.74) is 2.46. The Morgan fingerprint density at radius 2 is 1.53 bits per heavy atom. The molecule has 2 heterocycles. The summed E-state index contributed by atoms with van der Waals surface area (Å²) < 4.78 is 11.6. The number of ether oxygens (including phenoxy) is 2. The molecule has 2 saturated heterocycles. The van der Waals surface area contributed by atoms with Crippen molar-refractivity contribution in [3.8, 4) is 11.5 Å². The Morgan fingerprint density at radius 3 is 2.23 bits per heavy atom. The molecule has 0 aliphatic carbocycles.